The second-order valence-corrected chi connectivity index (χ2v) is 6.66. The average Bonchev–Trinajstić information content (AvgIpc) is 3.14. The van der Waals surface area contributed by atoms with Crippen molar-refractivity contribution in [2.24, 2.45) is 0 Å². The highest BCUT2D eigenvalue weighted by molar-refractivity contribution is 7.10. The van der Waals surface area contributed by atoms with Gasteiger partial charge in [0, 0.05) is 44.1 Å². The maximum atomic E-state index is 6.06. The van der Waals surface area contributed by atoms with Gasteiger partial charge in [0.1, 0.15) is 10.0 Å². The quantitative estimate of drug-likeness (QED) is 0.825. The molecule has 0 spiro atoms. The molecule has 1 aliphatic rings. The number of aryl methyl sites for hydroxylation is 1. The molecule has 0 aliphatic carbocycles. The summed E-state index contributed by atoms with van der Waals surface area (Å²) in [5.41, 5.74) is 0.873. The maximum Gasteiger partial charge on any atom is 0.230 e. The summed E-state index contributed by atoms with van der Waals surface area (Å²) in [6, 6.07) is 0.475. The minimum absolute atomic E-state index is 0.475. The first kappa shape index (κ1) is 14.8. The van der Waals surface area contributed by atoms with Crippen molar-refractivity contribution >= 4 is 23.1 Å². The fourth-order valence-electron chi connectivity index (χ4n) is 2.56. The zero-order chi connectivity index (χ0) is 14.8. The van der Waals surface area contributed by atoms with Crippen molar-refractivity contribution in [1.82, 2.24) is 29.6 Å². The van der Waals surface area contributed by atoms with E-state index >= 15 is 0 Å². The van der Waals surface area contributed by atoms with Gasteiger partial charge in [-0.05, 0) is 13.5 Å². The lowest BCUT2D eigenvalue weighted by molar-refractivity contribution is 0.204. The second-order valence-electron chi connectivity index (χ2n) is 5.30. The van der Waals surface area contributed by atoms with E-state index in [0.717, 1.165) is 31.7 Å². The van der Waals surface area contributed by atoms with Crippen LogP contribution >= 0.6 is 23.1 Å². The highest BCUT2D eigenvalue weighted by atomic mass is 35.5. The molecule has 0 amide bonds. The monoisotopic (exact) mass is 328 g/mol. The molecule has 1 fully saturated rings. The number of rotatable bonds is 5. The van der Waals surface area contributed by atoms with E-state index < -0.39 is 0 Å². The van der Waals surface area contributed by atoms with Gasteiger partial charge in [-0.1, -0.05) is 16.1 Å². The molecule has 9 heteroatoms. The second kappa shape index (κ2) is 6.35. The average molecular weight is 329 g/mol. The molecular formula is C12H17ClN6OS. The standard InChI is InChI=1S/C12H17ClN6OS/c1-8-14-16-11(20-8)7-18(2)9-3-4-19(5-9)6-10-12(13)21-17-15-10/h9H,3-7H2,1-2H3. The highest BCUT2D eigenvalue weighted by Gasteiger charge is 2.27. The van der Waals surface area contributed by atoms with Gasteiger partial charge in [-0.15, -0.1) is 15.3 Å². The van der Waals surface area contributed by atoms with E-state index in [1.807, 2.05) is 0 Å². The lowest BCUT2D eigenvalue weighted by Crippen LogP contribution is -2.34. The normalized spacial score (nSPS) is 19.7. The van der Waals surface area contributed by atoms with E-state index in [2.05, 4.69) is 36.6 Å². The summed E-state index contributed by atoms with van der Waals surface area (Å²) in [5.74, 6) is 1.28. The zero-order valence-electron chi connectivity index (χ0n) is 12.0. The molecule has 114 valence electrons. The Balaban J connectivity index is 1.53. The third-order valence-electron chi connectivity index (χ3n) is 3.71. The van der Waals surface area contributed by atoms with Crippen molar-refractivity contribution in [3.63, 3.8) is 0 Å². The SMILES string of the molecule is Cc1nnc(CN(C)C2CCN(Cc3nnsc3Cl)C2)o1. The van der Waals surface area contributed by atoms with Crippen LogP contribution in [0.2, 0.25) is 4.34 Å². The third-order valence-corrected chi connectivity index (χ3v) is 4.69. The molecule has 0 N–H and O–H groups in total. The van der Waals surface area contributed by atoms with Crippen LogP contribution in [0.5, 0.6) is 0 Å². The van der Waals surface area contributed by atoms with Crippen molar-refractivity contribution < 1.29 is 4.42 Å². The number of nitrogens with zero attached hydrogens (tertiary/aromatic N) is 6. The lowest BCUT2D eigenvalue weighted by Gasteiger charge is -2.23. The first-order chi connectivity index (χ1) is 10.1. The Morgan fingerprint density at radius 3 is 2.95 bits per heavy atom. The van der Waals surface area contributed by atoms with Crippen LogP contribution in [-0.4, -0.2) is 55.8 Å². The van der Waals surface area contributed by atoms with Crippen molar-refractivity contribution in [3.05, 3.63) is 21.8 Å². The molecule has 0 bridgehead atoms. The third kappa shape index (κ3) is 3.57. The first-order valence-electron chi connectivity index (χ1n) is 6.80. The molecule has 1 saturated heterocycles. The van der Waals surface area contributed by atoms with Gasteiger partial charge in [0.25, 0.3) is 0 Å². The molecule has 3 heterocycles. The number of hydrogen-bond donors (Lipinski definition) is 0. The molecule has 0 radical (unpaired) electrons. The van der Waals surface area contributed by atoms with Crippen molar-refractivity contribution in [1.29, 1.82) is 0 Å². The Morgan fingerprint density at radius 1 is 1.43 bits per heavy atom. The van der Waals surface area contributed by atoms with Crippen LogP contribution in [0.3, 0.4) is 0 Å². The molecule has 0 saturated carbocycles. The Morgan fingerprint density at radius 2 is 2.29 bits per heavy atom. The number of hydrogen-bond acceptors (Lipinski definition) is 8. The number of likely N-dealkylation sites (tertiary alicyclic amines) is 1. The smallest absolute Gasteiger partial charge is 0.230 e. The molecule has 0 aromatic carbocycles. The molecule has 1 unspecified atom stereocenters. The van der Waals surface area contributed by atoms with Crippen LogP contribution < -0.4 is 0 Å². The Kier molecular flexibility index (Phi) is 4.48. The Hall–Kier alpha value is -1.09. The summed E-state index contributed by atoms with van der Waals surface area (Å²) >= 11 is 7.29. The van der Waals surface area contributed by atoms with Gasteiger partial charge < -0.3 is 4.42 Å². The summed E-state index contributed by atoms with van der Waals surface area (Å²) in [7, 11) is 2.09. The van der Waals surface area contributed by atoms with E-state index in [9.17, 15) is 0 Å². The fraction of sp³-hybridized carbons (Fsp3) is 0.667. The minimum atomic E-state index is 0.475. The first-order valence-corrected chi connectivity index (χ1v) is 7.95. The van der Waals surface area contributed by atoms with Crippen LogP contribution in [-0.2, 0) is 13.1 Å². The summed E-state index contributed by atoms with van der Waals surface area (Å²) in [6.07, 6.45) is 1.11. The van der Waals surface area contributed by atoms with Gasteiger partial charge in [0.05, 0.1) is 6.54 Å². The largest absolute Gasteiger partial charge is 0.424 e. The molecule has 3 rings (SSSR count). The fourth-order valence-corrected chi connectivity index (χ4v) is 3.17. The molecule has 7 nitrogen and oxygen atoms in total. The highest BCUT2D eigenvalue weighted by Crippen LogP contribution is 2.22. The van der Waals surface area contributed by atoms with Crippen molar-refractivity contribution in [2.75, 3.05) is 20.1 Å². The topological polar surface area (TPSA) is 71.2 Å². The summed E-state index contributed by atoms with van der Waals surface area (Å²) in [5, 5.41) is 12.0. The van der Waals surface area contributed by atoms with Gasteiger partial charge in [0.15, 0.2) is 0 Å². The van der Waals surface area contributed by atoms with Crippen LogP contribution in [0.4, 0.5) is 0 Å². The lowest BCUT2D eigenvalue weighted by atomic mass is 10.2. The predicted molar refractivity (Wildman–Crippen MR) is 79.1 cm³/mol. The van der Waals surface area contributed by atoms with Crippen LogP contribution in [0.25, 0.3) is 0 Å². The summed E-state index contributed by atoms with van der Waals surface area (Å²) in [6.45, 7) is 5.26. The Bertz CT molecular complexity index is 602. The molecule has 1 atom stereocenters. The zero-order valence-corrected chi connectivity index (χ0v) is 13.6. The van der Waals surface area contributed by atoms with Crippen molar-refractivity contribution in [3.8, 4) is 0 Å². The number of aromatic nitrogens is 4. The van der Waals surface area contributed by atoms with Crippen LogP contribution in [0.1, 0.15) is 23.9 Å². The molecule has 2 aromatic rings. The minimum Gasteiger partial charge on any atom is -0.424 e. The van der Waals surface area contributed by atoms with Crippen LogP contribution in [0, 0.1) is 6.92 Å². The van der Waals surface area contributed by atoms with Crippen molar-refractivity contribution in [2.45, 2.75) is 32.5 Å². The van der Waals surface area contributed by atoms with E-state index in [1.165, 1.54) is 11.5 Å². The van der Waals surface area contributed by atoms with Gasteiger partial charge in [0.2, 0.25) is 11.8 Å². The van der Waals surface area contributed by atoms with E-state index in [-0.39, 0.29) is 0 Å². The molecular weight excluding hydrogens is 312 g/mol. The Labute approximate surface area is 132 Å². The summed E-state index contributed by atoms with van der Waals surface area (Å²) in [4.78, 5) is 4.61. The molecule has 1 aliphatic heterocycles. The van der Waals surface area contributed by atoms with E-state index in [1.54, 1.807) is 6.92 Å². The molecule has 21 heavy (non-hydrogen) atoms. The predicted octanol–water partition coefficient (Wildman–Crippen LogP) is 1.59. The summed E-state index contributed by atoms with van der Waals surface area (Å²) < 4.78 is 9.99. The number of halogens is 1. The van der Waals surface area contributed by atoms with E-state index in [0.29, 0.717) is 28.7 Å². The van der Waals surface area contributed by atoms with Crippen LogP contribution in [0.15, 0.2) is 4.42 Å². The van der Waals surface area contributed by atoms with Gasteiger partial charge >= 0.3 is 0 Å². The molecule has 2 aromatic heterocycles. The maximum absolute atomic E-state index is 6.06. The van der Waals surface area contributed by atoms with Gasteiger partial charge in [-0.2, -0.15) is 0 Å². The van der Waals surface area contributed by atoms with Gasteiger partial charge in [-0.3, -0.25) is 9.80 Å². The number of likely N-dealkylation sites (N-methyl/N-ethyl adjacent to an activating group) is 1. The van der Waals surface area contributed by atoms with E-state index in [4.69, 9.17) is 16.0 Å². The van der Waals surface area contributed by atoms with Gasteiger partial charge in [-0.25, -0.2) is 0 Å².